The Morgan fingerprint density at radius 3 is 2.67 bits per heavy atom. The number of likely N-dealkylation sites (tertiary alicyclic amines) is 1. The second-order valence-electron chi connectivity index (χ2n) is 7.38. The highest BCUT2D eigenvalue weighted by Crippen LogP contribution is 2.40. The van der Waals surface area contributed by atoms with Gasteiger partial charge in [0, 0.05) is 24.6 Å². The maximum absolute atomic E-state index is 12.8. The van der Waals surface area contributed by atoms with Crippen molar-refractivity contribution in [1.82, 2.24) is 15.4 Å². The fourth-order valence-electron chi connectivity index (χ4n) is 3.98. The van der Waals surface area contributed by atoms with Crippen LogP contribution in [0, 0.1) is 0 Å². The van der Waals surface area contributed by atoms with Crippen LogP contribution in [-0.2, 0) is 4.79 Å². The minimum Gasteiger partial charge on any atom is -0.360 e. The van der Waals surface area contributed by atoms with Crippen molar-refractivity contribution in [3.63, 3.8) is 0 Å². The van der Waals surface area contributed by atoms with Gasteiger partial charge in [-0.05, 0) is 38.5 Å². The van der Waals surface area contributed by atoms with Gasteiger partial charge in [0.05, 0.1) is 0 Å². The number of nitrogens with zero attached hydrogens (tertiary/aromatic N) is 2. The fourth-order valence-corrected chi connectivity index (χ4v) is 3.98. The van der Waals surface area contributed by atoms with Crippen molar-refractivity contribution in [1.29, 1.82) is 0 Å². The Kier molecular flexibility index (Phi) is 4.29. The molecule has 2 aliphatic carbocycles. The van der Waals surface area contributed by atoms with Crippen molar-refractivity contribution in [3.05, 3.63) is 17.5 Å². The molecule has 0 radical (unpaired) electrons. The number of carbonyl (C=O) groups is 2. The van der Waals surface area contributed by atoms with E-state index in [-0.39, 0.29) is 11.8 Å². The zero-order valence-electron chi connectivity index (χ0n) is 14.0. The summed E-state index contributed by atoms with van der Waals surface area (Å²) in [5, 5.41) is 6.74. The highest BCUT2D eigenvalue weighted by Gasteiger charge is 2.35. The average molecular weight is 331 g/mol. The first-order chi connectivity index (χ1) is 11.7. The molecule has 2 amide bonds. The monoisotopic (exact) mass is 331 g/mol. The van der Waals surface area contributed by atoms with E-state index in [0.29, 0.717) is 24.1 Å². The smallest absolute Gasteiger partial charge is 0.274 e. The Bertz CT molecular complexity index is 617. The van der Waals surface area contributed by atoms with Crippen molar-refractivity contribution < 1.29 is 14.1 Å². The van der Waals surface area contributed by atoms with E-state index in [1.165, 1.54) is 19.3 Å². The summed E-state index contributed by atoms with van der Waals surface area (Å²) in [6.07, 6.45) is 9.74. The molecule has 1 aromatic heterocycles. The molecule has 1 atom stereocenters. The number of rotatable bonds is 4. The van der Waals surface area contributed by atoms with Crippen LogP contribution in [0.15, 0.2) is 10.6 Å². The molecule has 2 saturated carbocycles. The number of aromatic nitrogens is 1. The lowest BCUT2D eigenvalue weighted by atomic mass is 9.91. The molecule has 0 aromatic carbocycles. The first kappa shape index (κ1) is 15.7. The largest absolute Gasteiger partial charge is 0.360 e. The molecule has 130 valence electrons. The first-order valence-electron chi connectivity index (χ1n) is 9.30. The number of carbonyl (C=O) groups excluding carboxylic acids is 2. The molecule has 2 heterocycles. The van der Waals surface area contributed by atoms with E-state index in [4.69, 9.17) is 4.52 Å². The van der Waals surface area contributed by atoms with Crippen LogP contribution in [-0.4, -0.2) is 40.5 Å². The molecule has 3 aliphatic rings. The minimum absolute atomic E-state index is 0.0763. The van der Waals surface area contributed by atoms with Gasteiger partial charge < -0.3 is 14.7 Å². The third kappa shape index (κ3) is 3.19. The summed E-state index contributed by atoms with van der Waals surface area (Å²) in [5.74, 6) is 0.998. The maximum atomic E-state index is 12.8. The van der Waals surface area contributed by atoms with E-state index in [9.17, 15) is 9.59 Å². The van der Waals surface area contributed by atoms with Gasteiger partial charge in [-0.3, -0.25) is 9.59 Å². The summed E-state index contributed by atoms with van der Waals surface area (Å²) < 4.78 is 5.24. The molecule has 3 fully saturated rings. The summed E-state index contributed by atoms with van der Waals surface area (Å²) >= 11 is 0. The van der Waals surface area contributed by atoms with Gasteiger partial charge in [0.2, 0.25) is 5.91 Å². The molecule has 1 unspecified atom stereocenters. The maximum Gasteiger partial charge on any atom is 0.274 e. The Balaban J connectivity index is 1.39. The standard InChI is InChI=1S/C18H25N3O3/c22-17(15-11-16(24-20-15)12-8-9-12)19-14-7-4-10-21(18(14)23)13-5-2-1-3-6-13/h11-14H,1-10H2,(H,19,22). The average Bonchev–Trinajstić information content (AvgIpc) is 3.34. The van der Waals surface area contributed by atoms with E-state index < -0.39 is 6.04 Å². The van der Waals surface area contributed by atoms with Gasteiger partial charge in [0.1, 0.15) is 11.8 Å². The predicted octanol–water partition coefficient (Wildman–Crippen LogP) is 2.61. The number of amides is 2. The fraction of sp³-hybridized carbons (Fsp3) is 0.722. The molecule has 0 spiro atoms. The lowest BCUT2D eigenvalue weighted by molar-refractivity contribution is -0.139. The second kappa shape index (κ2) is 6.57. The highest BCUT2D eigenvalue weighted by atomic mass is 16.5. The van der Waals surface area contributed by atoms with Gasteiger partial charge in [-0.2, -0.15) is 0 Å². The van der Waals surface area contributed by atoms with Gasteiger partial charge in [0.15, 0.2) is 5.69 Å². The number of hydrogen-bond donors (Lipinski definition) is 1. The number of nitrogens with one attached hydrogen (secondary N) is 1. The van der Waals surface area contributed by atoms with E-state index in [1.54, 1.807) is 6.07 Å². The predicted molar refractivity (Wildman–Crippen MR) is 87.6 cm³/mol. The van der Waals surface area contributed by atoms with Crippen LogP contribution in [0.1, 0.15) is 80.0 Å². The summed E-state index contributed by atoms with van der Waals surface area (Å²) in [4.78, 5) is 27.2. The van der Waals surface area contributed by atoms with Crippen molar-refractivity contribution in [2.45, 2.75) is 75.8 Å². The third-order valence-electron chi connectivity index (χ3n) is 5.53. The Morgan fingerprint density at radius 2 is 1.92 bits per heavy atom. The van der Waals surface area contributed by atoms with Crippen LogP contribution in [0.3, 0.4) is 0 Å². The van der Waals surface area contributed by atoms with Gasteiger partial charge in [-0.15, -0.1) is 0 Å². The summed E-state index contributed by atoms with van der Waals surface area (Å²) in [6, 6.07) is 1.66. The summed E-state index contributed by atoms with van der Waals surface area (Å²) in [6.45, 7) is 0.825. The normalized spacial score (nSPS) is 25.8. The van der Waals surface area contributed by atoms with Crippen molar-refractivity contribution in [2.75, 3.05) is 6.54 Å². The lowest BCUT2D eigenvalue weighted by Gasteiger charge is -2.39. The Hall–Kier alpha value is -1.85. The topological polar surface area (TPSA) is 75.4 Å². The van der Waals surface area contributed by atoms with Crippen molar-refractivity contribution in [2.24, 2.45) is 0 Å². The molecular formula is C18H25N3O3. The number of hydrogen-bond acceptors (Lipinski definition) is 4. The van der Waals surface area contributed by atoms with Gasteiger partial charge >= 0.3 is 0 Å². The van der Waals surface area contributed by atoms with E-state index in [0.717, 1.165) is 44.4 Å². The van der Waals surface area contributed by atoms with Crippen molar-refractivity contribution >= 4 is 11.8 Å². The van der Waals surface area contributed by atoms with Crippen LogP contribution in [0.4, 0.5) is 0 Å². The van der Waals surface area contributed by atoms with E-state index in [1.807, 2.05) is 4.90 Å². The van der Waals surface area contributed by atoms with E-state index in [2.05, 4.69) is 10.5 Å². The van der Waals surface area contributed by atoms with Gasteiger partial charge in [0.25, 0.3) is 5.91 Å². The highest BCUT2D eigenvalue weighted by molar-refractivity contribution is 5.96. The molecule has 1 aliphatic heterocycles. The second-order valence-corrected chi connectivity index (χ2v) is 7.38. The Labute approximate surface area is 141 Å². The molecule has 6 heteroatoms. The van der Waals surface area contributed by atoms with E-state index >= 15 is 0 Å². The lowest BCUT2D eigenvalue weighted by Crippen LogP contribution is -2.55. The molecular weight excluding hydrogens is 306 g/mol. The minimum atomic E-state index is -0.422. The van der Waals surface area contributed by atoms with Crippen LogP contribution in [0.5, 0.6) is 0 Å². The summed E-state index contributed by atoms with van der Waals surface area (Å²) in [7, 11) is 0. The molecule has 6 nitrogen and oxygen atoms in total. The molecule has 1 N–H and O–H groups in total. The number of piperidine rings is 1. The first-order valence-corrected chi connectivity index (χ1v) is 9.30. The molecule has 24 heavy (non-hydrogen) atoms. The molecule has 1 saturated heterocycles. The molecule has 4 rings (SSSR count). The van der Waals surface area contributed by atoms with Gasteiger partial charge in [-0.25, -0.2) is 0 Å². The zero-order chi connectivity index (χ0) is 16.5. The van der Waals surface area contributed by atoms with Crippen LogP contribution < -0.4 is 5.32 Å². The van der Waals surface area contributed by atoms with Crippen molar-refractivity contribution in [3.8, 4) is 0 Å². The Morgan fingerprint density at radius 1 is 1.12 bits per heavy atom. The van der Waals surface area contributed by atoms with Crippen LogP contribution >= 0.6 is 0 Å². The quantitative estimate of drug-likeness (QED) is 0.920. The SMILES string of the molecule is O=C(NC1CCCN(C2CCCCC2)C1=O)c1cc(C2CC2)on1. The molecule has 1 aromatic rings. The van der Waals surface area contributed by atoms with Gasteiger partial charge in [-0.1, -0.05) is 24.4 Å². The summed E-state index contributed by atoms with van der Waals surface area (Å²) in [5.41, 5.74) is 0.291. The van der Waals surface area contributed by atoms with Crippen LogP contribution in [0.2, 0.25) is 0 Å². The van der Waals surface area contributed by atoms with Crippen LogP contribution in [0.25, 0.3) is 0 Å². The zero-order valence-corrected chi connectivity index (χ0v) is 14.0. The third-order valence-corrected chi connectivity index (χ3v) is 5.53. The molecule has 0 bridgehead atoms.